The van der Waals surface area contributed by atoms with Crippen molar-refractivity contribution in [2.75, 3.05) is 5.32 Å². The highest BCUT2D eigenvalue weighted by molar-refractivity contribution is 7.16. The first-order chi connectivity index (χ1) is 13.0. The van der Waals surface area contributed by atoms with Crippen LogP contribution in [0.5, 0.6) is 11.6 Å². The second-order valence-corrected chi connectivity index (χ2v) is 6.77. The molecular formula is C19H13N3O4S. The van der Waals surface area contributed by atoms with Gasteiger partial charge in [0.05, 0.1) is 10.6 Å². The van der Waals surface area contributed by atoms with E-state index in [1.165, 1.54) is 29.5 Å². The molecule has 0 atom stereocenters. The zero-order chi connectivity index (χ0) is 19.0. The van der Waals surface area contributed by atoms with E-state index in [0.717, 1.165) is 16.8 Å². The molecule has 1 aliphatic rings. The van der Waals surface area contributed by atoms with Crippen LogP contribution < -0.4 is 5.32 Å². The minimum Gasteiger partial charge on any atom is -0.507 e. The van der Waals surface area contributed by atoms with Crippen molar-refractivity contribution in [2.45, 2.75) is 0 Å². The van der Waals surface area contributed by atoms with Crippen molar-refractivity contribution >= 4 is 51.7 Å². The van der Waals surface area contributed by atoms with Crippen LogP contribution in [-0.2, 0) is 0 Å². The van der Waals surface area contributed by atoms with Gasteiger partial charge in [-0.1, -0.05) is 29.5 Å². The fraction of sp³-hybridized carbons (Fsp3) is 0. The van der Waals surface area contributed by atoms with Gasteiger partial charge in [0, 0.05) is 29.1 Å². The minimum atomic E-state index is -1.21. The van der Waals surface area contributed by atoms with Crippen LogP contribution >= 0.6 is 11.3 Å². The number of carboxylic acid groups (broad SMARTS) is 1. The molecule has 2 aromatic carbocycles. The number of hydrogen-bond donors (Lipinski definition) is 4. The third-order valence-electron chi connectivity index (χ3n) is 3.96. The average molecular weight is 379 g/mol. The Morgan fingerprint density at radius 2 is 1.96 bits per heavy atom. The largest absolute Gasteiger partial charge is 0.507 e. The maximum atomic E-state index is 11.0. The van der Waals surface area contributed by atoms with Crippen LogP contribution in [0.3, 0.4) is 0 Å². The van der Waals surface area contributed by atoms with E-state index in [4.69, 9.17) is 5.11 Å². The highest BCUT2D eigenvalue weighted by Crippen LogP contribution is 2.37. The van der Waals surface area contributed by atoms with Crippen molar-refractivity contribution in [2.24, 2.45) is 4.99 Å². The molecule has 4 N–H and O–H groups in total. The summed E-state index contributed by atoms with van der Waals surface area (Å²) in [4.78, 5) is 19.9. The molecule has 134 valence electrons. The van der Waals surface area contributed by atoms with Crippen molar-refractivity contribution in [3.8, 4) is 11.6 Å². The molecule has 1 aromatic heterocycles. The number of nitrogens with zero attached hydrogens (tertiary/aromatic N) is 2. The van der Waals surface area contributed by atoms with Gasteiger partial charge in [-0.2, -0.15) is 4.98 Å². The highest BCUT2D eigenvalue weighted by atomic mass is 32.1. The lowest BCUT2D eigenvalue weighted by molar-refractivity contribution is 0.0694. The summed E-state index contributed by atoms with van der Waals surface area (Å²) in [5.41, 5.74) is 3.00. The summed E-state index contributed by atoms with van der Waals surface area (Å²) in [7, 11) is 0. The number of allylic oxidation sites excluding steroid dienone is 1. The van der Waals surface area contributed by atoms with E-state index < -0.39 is 5.97 Å². The van der Waals surface area contributed by atoms with Gasteiger partial charge in [0.25, 0.3) is 0 Å². The van der Waals surface area contributed by atoms with Gasteiger partial charge in [-0.05, 0) is 24.3 Å². The van der Waals surface area contributed by atoms with Gasteiger partial charge in [0.15, 0.2) is 5.13 Å². The molecule has 0 bridgehead atoms. The normalized spacial score (nSPS) is 13.7. The quantitative estimate of drug-likeness (QED) is 0.539. The van der Waals surface area contributed by atoms with Gasteiger partial charge in [-0.3, -0.25) is 4.99 Å². The Kier molecular flexibility index (Phi) is 4.09. The number of aromatic carboxylic acids is 1. The van der Waals surface area contributed by atoms with Crippen LogP contribution in [0.25, 0.3) is 11.6 Å². The third-order valence-corrected chi connectivity index (χ3v) is 4.87. The van der Waals surface area contributed by atoms with Crippen molar-refractivity contribution in [3.05, 3.63) is 58.5 Å². The molecule has 8 heteroatoms. The Balaban J connectivity index is 1.60. The molecule has 0 amide bonds. The second-order valence-electron chi connectivity index (χ2n) is 5.74. The van der Waals surface area contributed by atoms with E-state index in [2.05, 4.69) is 15.3 Å². The first kappa shape index (κ1) is 16.8. The van der Waals surface area contributed by atoms with E-state index in [1.54, 1.807) is 12.3 Å². The molecule has 2 heterocycles. The molecular weight excluding hydrogens is 366 g/mol. The fourth-order valence-electron chi connectivity index (χ4n) is 2.68. The van der Waals surface area contributed by atoms with Crippen LogP contribution in [0.2, 0.25) is 0 Å². The lowest BCUT2D eigenvalue weighted by Gasteiger charge is -2.04. The molecule has 0 spiro atoms. The molecule has 27 heavy (non-hydrogen) atoms. The molecule has 0 saturated carbocycles. The van der Waals surface area contributed by atoms with E-state index in [0.29, 0.717) is 15.7 Å². The number of benzene rings is 2. The average Bonchev–Trinajstić information content (AvgIpc) is 3.19. The molecule has 0 unspecified atom stereocenters. The molecule has 0 radical (unpaired) electrons. The Morgan fingerprint density at radius 1 is 1.15 bits per heavy atom. The van der Waals surface area contributed by atoms with E-state index >= 15 is 0 Å². The van der Waals surface area contributed by atoms with Crippen LogP contribution in [0.4, 0.5) is 16.5 Å². The fourth-order valence-corrected chi connectivity index (χ4v) is 3.51. The Labute approximate surface area is 157 Å². The van der Waals surface area contributed by atoms with Crippen LogP contribution in [-0.4, -0.2) is 32.5 Å². The zero-order valence-electron chi connectivity index (χ0n) is 13.7. The zero-order valence-corrected chi connectivity index (χ0v) is 14.6. The van der Waals surface area contributed by atoms with Crippen LogP contribution in [0, 0.1) is 0 Å². The van der Waals surface area contributed by atoms with Crippen molar-refractivity contribution in [3.63, 3.8) is 0 Å². The van der Waals surface area contributed by atoms with Crippen molar-refractivity contribution < 1.29 is 20.1 Å². The summed E-state index contributed by atoms with van der Waals surface area (Å²) < 4.78 is 0. The topological polar surface area (TPSA) is 115 Å². The van der Waals surface area contributed by atoms with Gasteiger partial charge < -0.3 is 20.6 Å². The van der Waals surface area contributed by atoms with E-state index in [-0.39, 0.29) is 17.2 Å². The van der Waals surface area contributed by atoms with Gasteiger partial charge in [-0.25, -0.2) is 4.79 Å². The predicted molar refractivity (Wildman–Crippen MR) is 105 cm³/mol. The number of rotatable bonds is 4. The Hall–Kier alpha value is -3.65. The summed E-state index contributed by atoms with van der Waals surface area (Å²) >= 11 is 1.22. The van der Waals surface area contributed by atoms with Crippen molar-refractivity contribution in [1.82, 2.24) is 4.98 Å². The first-order valence-corrected chi connectivity index (χ1v) is 8.71. The number of aliphatic imine (C=N–C) groups is 1. The molecule has 4 rings (SSSR count). The summed E-state index contributed by atoms with van der Waals surface area (Å²) in [5, 5.41) is 32.2. The molecule has 3 aromatic rings. The van der Waals surface area contributed by atoms with Crippen LogP contribution in [0.1, 0.15) is 20.8 Å². The number of aromatic hydroxyl groups is 2. The molecule has 0 aliphatic carbocycles. The molecule has 1 aliphatic heterocycles. The number of anilines is 2. The standard InChI is InChI=1S/C19H13N3O4S/c23-15-8-11(5-6-13(15)18(25)26)21-19-22-17(24)16(27-19)7-10-9-20-14-4-2-1-3-12(10)14/h1-9,23-24H,(H,21,22)(H,25,26). The predicted octanol–water partition coefficient (Wildman–Crippen LogP) is 4.25. The maximum absolute atomic E-state index is 11.0. The number of para-hydroxylation sites is 1. The summed E-state index contributed by atoms with van der Waals surface area (Å²) in [6, 6.07) is 11.8. The van der Waals surface area contributed by atoms with E-state index in [1.807, 2.05) is 24.3 Å². The number of thiazole rings is 1. The lowest BCUT2D eigenvalue weighted by atomic mass is 10.1. The SMILES string of the molecule is O=C(O)c1ccc(Nc2nc(O)c(C=C3C=Nc4ccccc43)s2)cc1O. The number of aromatic nitrogens is 1. The Bertz CT molecular complexity index is 1120. The summed E-state index contributed by atoms with van der Waals surface area (Å²) in [5.74, 6) is -1.69. The van der Waals surface area contributed by atoms with Gasteiger partial charge in [0.2, 0.25) is 5.88 Å². The lowest BCUT2D eigenvalue weighted by Crippen LogP contribution is -1.97. The van der Waals surface area contributed by atoms with Gasteiger partial charge in [0.1, 0.15) is 11.3 Å². The molecule has 0 fully saturated rings. The number of carboxylic acids is 1. The number of phenols is 1. The molecule has 0 saturated heterocycles. The monoisotopic (exact) mass is 379 g/mol. The van der Waals surface area contributed by atoms with E-state index in [9.17, 15) is 15.0 Å². The molecule has 7 nitrogen and oxygen atoms in total. The number of carbonyl (C=O) groups is 1. The number of hydrogen-bond acceptors (Lipinski definition) is 7. The smallest absolute Gasteiger partial charge is 0.339 e. The summed E-state index contributed by atoms with van der Waals surface area (Å²) in [6.07, 6.45) is 3.54. The van der Waals surface area contributed by atoms with Gasteiger partial charge >= 0.3 is 5.97 Å². The Morgan fingerprint density at radius 3 is 2.74 bits per heavy atom. The maximum Gasteiger partial charge on any atom is 0.339 e. The van der Waals surface area contributed by atoms with Crippen LogP contribution in [0.15, 0.2) is 47.5 Å². The third kappa shape index (κ3) is 3.25. The summed E-state index contributed by atoms with van der Waals surface area (Å²) in [6.45, 7) is 0. The van der Waals surface area contributed by atoms with Gasteiger partial charge in [-0.15, -0.1) is 0 Å². The minimum absolute atomic E-state index is 0.126. The second kappa shape index (κ2) is 6.58. The highest BCUT2D eigenvalue weighted by Gasteiger charge is 2.15. The number of fused-ring (bicyclic) bond motifs is 1. The first-order valence-electron chi connectivity index (χ1n) is 7.89. The van der Waals surface area contributed by atoms with Crippen molar-refractivity contribution in [1.29, 1.82) is 0 Å². The number of nitrogens with one attached hydrogen (secondary N) is 1.